The number of ether oxygens (including phenoxy) is 1. The van der Waals surface area contributed by atoms with Gasteiger partial charge in [0.1, 0.15) is 16.9 Å². The molecule has 1 aliphatic heterocycles. The van der Waals surface area contributed by atoms with Crippen LogP contribution in [0.15, 0.2) is 61.2 Å². The Hall–Kier alpha value is -3.82. The van der Waals surface area contributed by atoms with Gasteiger partial charge in [-0.3, -0.25) is 0 Å². The largest absolute Gasteiger partial charge is 0.395 e. The summed E-state index contributed by atoms with van der Waals surface area (Å²) in [5.74, 6) is 0.646. The Bertz CT molecular complexity index is 1440. The van der Waals surface area contributed by atoms with E-state index in [9.17, 15) is 5.11 Å². The van der Waals surface area contributed by atoms with E-state index in [-0.39, 0.29) is 6.61 Å². The molecule has 0 unspecified atom stereocenters. The van der Waals surface area contributed by atoms with Crippen LogP contribution in [0.25, 0.3) is 33.5 Å². The maximum atomic E-state index is 9.50. The summed E-state index contributed by atoms with van der Waals surface area (Å²) < 4.78 is 9.52. The molecular weight excluding hydrogens is 430 g/mol. The maximum absolute atomic E-state index is 9.50. The minimum atomic E-state index is 0.0140. The third-order valence-corrected chi connectivity index (χ3v) is 6.16. The lowest BCUT2D eigenvalue weighted by Crippen LogP contribution is -2.37. The van der Waals surface area contributed by atoms with Crippen molar-refractivity contribution in [3.05, 3.63) is 66.7 Å². The molecular formula is C25H25N7O2. The van der Waals surface area contributed by atoms with Gasteiger partial charge >= 0.3 is 0 Å². The van der Waals surface area contributed by atoms with Crippen LogP contribution in [0.4, 0.5) is 5.95 Å². The Kier molecular flexibility index (Phi) is 5.40. The number of morpholine rings is 1. The number of aliphatic hydroxyl groups is 1. The molecule has 1 aromatic carbocycles. The zero-order valence-electron chi connectivity index (χ0n) is 18.7. The fourth-order valence-corrected chi connectivity index (χ4v) is 4.43. The van der Waals surface area contributed by atoms with Crippen LogP contribution in [-0.2, 0) is 17.8 Å². The van der Waals surface area contributed by atoms with Crippen molar-refractivity contribution in [3.8, 4) is 11.3 Å². The predicted octanol–water partition coefficient (Wildman–Crippen LogP) is 2.72. The van der Waals surface area contributed by atoms with Crippen molar-refractivity contribution in [2.24, 2.45) is 0 Å². The number of anilines is 1. The standard InChI is InChI=1S/C25H25N7O2/c33-11-8-32-17-27-22-21(28-25(29-24(22)32)30-9-12-34-13-10-30)20-14-19-6-7-31(23(19)26-15-20)16-18-4-2-1-3-5-18/h1-7,14-15,17,33H,8-13,16H2. The first-order valence-electron chi connectivity index (χ1n) is 11.5. The van der Waals surface area contributed by atoms with Crippen LogP contribution >= 0.6 is 0 Å². The first-order valence-corrected chi connectivity index (χ1v) is 11.5. The van der Waals surface area contributed by atoms with Crippen molar-refractivity contribution < 1.29 is 9.84 Å². The lowest BCUT2D eigenvalue weighted by atomic mass is 10.1. The Morgan fingerprint density at radius 3 is 2.62 bits per heavy atom. The molecule has 1 saturated heterocycles. The van der Waals surface area contributed by atoms with Gasteiger partial charge in [-0.1, -0.05) is 30.3 Å². The quantitative estimate of drug-likeness (QED) is 0.421. The zero-order chi connectivity index (χ0) is 22.9. The van der Waals surface area contributed by atoms with Crippen molar-refractivity contribution in [1.29, 1.82) is 0 Å². The van der Waals surface area contributed by atoms with Gasteiger partial charge in [-0.05, 0) is 17.7 Å². The number of fused-ring (bicyclic) bond motifs is 2. The molecule has 0 saturated carbocycles. The number of aromatic nitrogens is 6. The first kappa shape index (κ1) is 20.8. The van der Waals surface area contributed by atoms with E-state index in [1.54, 1.807) is 6.33 Å². The molecule has 0 bridgehead atoms. The van der Waals surface area contributed by atoms with Crippen LogP contribution < -0.4 is 4.90 Å². The van der Waals surface area contributed by atoms with Gasteiger partial charge < -0.3 is 23.9 Å². The number of aliphatic hydroxyl groups excluding tert-OH is 1. The van der Waals surface area contributed by atoms with Gasteiger partial charge in [0.2, 0.25) is 5.95 Å². The second-order valence-corrected chi connectivity index (χ2v) is 8.37. The molecule has 9 heteroatoms. The molecule has 0 aliphatic carbocycles. The average Bonchev–Trinajstić information content (AvgIpc) is 3.48. The summed E-state index contributed by atoms with van der Waals surface area (Å²) in [5, 5.41) is 10.5. The summed E-state index contributed by atoms with van der Waals surface area (Å²) in [4.78, 5) is 21.2. The van der Waals surface area contributed by atoms with Gasteiger partial charge in [0.05, 0.1) is 26.1 Å². The summed E-state index contributed by atoms with van der Waals surface area (Å²) in [5.41, 5.74) is 5.21. The van der Waals surface area contributed by atoms with Crippen molar-refractivity contribution in [1.82, 2.24) is 29.1 Å². The number of pyridine rings is 1. The number of nitrogens with zero attached hydrogens (tertiary/aromatic N) is 7. The molecule has 1 N–H and O–H groups in total. The normalized spacial score (nSPS) is 14.3. The highest BCUT2D eigenvalue weighted by molar-refractivity contribution is 5.91. The van der Waals surface area contributed by atoms with Crippen molar-refractivity contribution in [3.63, 3.8) is 0 Å². The van der Waals surface area contributed by atoms with Gasteiger partial charge in [-0.2, -0.15) is 4.98 Å². The average molecular weight is 456 g/mol. The van der Waals surface area contributed by atoms with Gasteiger partial charge in [0.25, 0.3) is 0 Å². The van der Waals surface area contributed by atoms with E-state index in [4.69, 9.17) is 19.7 Å². The maximum Gasteiger partial charge on any atom is 0.228 e. The fraction of sp³-hybridized carbons (Fsp3) is 0.280. The molecule has 0 atom stereocenters. The second-order valence-electron chi connectivity index (χ2n) is 8.37. The van der Waals surface area contributed by atoms with Crippen molar-refractivity contribution >= 4 is 28.1 Å². The molecule has 4 aromatic heterocycles. The fourth-order valence-electron chi connectivity index (χ4n) is 4.43. The molecule has 1 fully saturated rings. The number of benzene rings is 1. The molecule has 5 heterocycles. The van der Waals surface area contributed by atoms with E-state index >= 15 is 0 Å². The molecule has 9 nitrogen and oxygen atoms in total. The summed E-state index contributed by atoms with van der Waals surface area (Å²) in [7, 11) is 0. The molecule has 34 heavy (non-hydrogen) atoms. The van der Waals surface area contributed by atoms with E-state index in [1.165, 1.54) is 5.56 Å². The molecule has 6 rings (SSSR count). The minimum Gasteiger partial charge on any atom is -0.395 e. The number of imidazole rings is 1. The highest BCUT2D eigenvalue weighted by Gasteiger charge is 2.20. The van der Waals surface area contributed by atoms with Crippen LogP contribution in [-0.4, -0.2) is 67.1 Å². The smallest absolute Gasteiger partial charge is 0.228 e. The van der Waals surface area contributed by atoms with E-state index in [0.29, 0.717) is 36.9 Å². The lowest BCUT2D eigenvalue weighted by Gasteiger charge is -2.27. The molecule has 172 valence electrons. The third kappa shape index (κ3) is 3.78. The third-order valence-electron chi connectivity index (χ3n) is 6.16. The van der Waals surface area contributed by atoms with Crippen molar-refractivity contribution in [2.75, 3.05) is 37.8 Å². The van der Waals surface area contributed by atoms with Crippen LogP contribution in [0.3, 0.4) is 0 Å². The Morgan fingerprint density at radius 2 is 1.79 bits per heavy atom. The molecule has 0 radical (unpaired) electrons. The highest BCUT2D eigenvalue weighted by Crippen LogP contribution is 2.29. The Balaban J connectivity index is 1.43. The first-order chi connectivity index (χ1) is 16.8. The monoisotopic (exact) mass is 455 g/mol. The van der Waals surface area contributed by atoms with E-state index in [1.807, 2.05) is 16.8 Å². The topological polar surface area (TPSA) is 94.1 Å². The predicted molar refractivity (Wildman–Crippen MR) is 130 cm³/mol. The van der Waals surface area contributed by atoms with E-state index in [0.717, 1.165) is 41.9 Å². The number of hydrogen-bond donors (Lipinski definition) is 1. The zero-order valence-corrected chi connectivity index (χ0v) is 18.7. The molecule has 0 spiro atoms. The Morgan fingerprint density at radius 1 is 0.941 bits per heavy atom. The van der Waals surface area contributed by atoms with E-state index in [2.05, 4.69) is 57.0 Å². The van der Waals surface area contributed by atoms with Crippen LogP contribution in [0.5, 0.6) is 0 Å². The lowest BCUT2D eigenvalue weighted by molar-refractivity contribution is 0.122. The SMILES string of the molecule is OCCn1cnc2c(-c3cnc4c(ccn4Cc4ccccc4)c3)nc(N3CCOCC3)nc21. The second kappa shape index (κ2) is 8.85. The molecule has 5 aromatic rings. The summed E-state index contributed by atoms with van der Waals surface area (Å²) >= 11 is 0. The molecule has 0 amide bonds. The minimum absolute atomic E-state index is 0.0140. The van der Waals surface area contributed by atoms with Crippen LogP contribution in [0.1, 0.15) is 5.56 Å². The van der Waals surface area contributed by atoms with Crippen LogP contribution in [0.2, 0.25) is 0 Å². The molecule has 1 aliphatic rings. The van der Waals surface area contributed by atoms with E-state index < -0.39 is 0 Å². The number of hydrogen-bond acceptors (Lipinski definition) is 7. The highest BCUT2D eigenvalue weighted by atomic mass is 16.5. The van der Waals surface area contributed by atoms with Gasteiger partial charge in [0, 0.05) is 49.5 Å². The summed E-state index contributed by atoms with van der Waals surface area (Å²) in [6, 6.07) is 14.6. The van der Waals surface area contributed by atoms with Gasteiger partial charge in [-0.25, -0.2) is 15.0 Å². The van der Waals surface area contributed by atoms with Crippen molar-refractivity contribution in [2.45, 2.75) is 13.1 Å². The number of rotatable bonds is 6. The van der Waals surface area contributed by atoms with Crippen LogP contribution in [0, 0.1) is 0 Å². The summed E-state index contributed by atoms with van der Waals surface area (Å²) in [6.45, 7) is 3.97. The Labute approximate surface area is 196 Å². The summed E-state index contributed by atoms with van der Waals surface area (Å²) in [6.07, 6.45) is 5.64. The van der Waals surface area contributed by atoms with Gasteiger partial charge in [-0.15, -0.1) is 0 Å². The van der Waals surface area contributed by atoms with Gasteiger partial charge in [0.15, 0.2) is 5.65 Å².